The van der Waals surface area contributed by atoms with Gasteiger partial charge in [-0.25, -0.2) is 0 Å². The number of hydrogen-bond acceptors (Lipinski definition) is 5. The molecule has 2 aromatic rings. The molecule has 0 aliphatic rings. The van der Waals surface area contributed by atoms with Gasteiger partial charge >= 0.3 is 13.3 Å². The Balaban J connectivity index is 1.67. The van der Waals surface area contributed by atoms with Crippen LogP contribution in [-0.4, -0.2) is 23.3 Å². The van der Waals surface area contributed by atoms with Crippen LogP contribution in [0, 0.1) is 0 Å². The molecule has 0 saturated heterocycles. The van der Waals surface area contributed by atoms with Gasteiger partial charge in [0.2, 0.25) is 0 Å². The van der Waals surface area contributed by atoms with Crippen molar-refractivity contribution < 1.29 is 24.2 Å². The standard InChI is InChI=1S/C17H19BO5/c19-17(22-13-15-5-2-1-3-6-15)8-4-7-14-9-11-16(12-10-14)23-18(20)21/h1-3,5-6,9-12,20-21H,4,7-8,13H2. The van der Waals surface area contributed by atoms with Gasteiger partial charge in [-0.1, -0.05) is 42.5 Å². The van der Waals surface area contributed by atoms with Crippen LogP contribution in [-0.2, 0) is 22.6 Å². The molecule has 0 unspecified atom stereocenters. The lowest BCUT2D eigenvalue weighted by molar-refractivity contribution is -0.145. The van der Waals surface area contributed by atoms with E-state index in [1.165, 1.54) is 0 Å². The zero-order chi connectivity index (χ0) is 16.5. The highest BCUT2D eigenvalue weighted by atomic mass is 16.6. The molecule has 0 atom stereocenters. The molecule has 0 aliphatic carbocycles. The summed E-state index contributed by atoms with van der Waals surface area (Å²) < 4.78 is 9.94. The minimum Gasteiger partial charge on any atom is -0.512 e. The van der Waals surface area contributed by atoms with Crippen LogP contribution in [0.5, 0.6) is 5.75 Å². The highest BCUT2D eigenvalue weighted by molar-refractivity contribution is 6.33. The molecule has 2 rings (SSSR count). The zero-order valence-electron chi connectivity index (χ0n) is 12.7. The second-order valence-corrected chi connectivity index (χ2v) is 5.09. The molecular formula is C17H19BO5. The molecule has 0 aromatic heterocycles. The highest BCUT2D eigenvalue weighted by Crippen LogP contribution is 2.14. The van der Waals surface area contributed by atoms with Crippen molar-refractivity contribution in [3.05, 3.63) is 65.7 Å². The van der Waals surface area contributed by atoms with E-state index in [2.05, 4.69) is 0 Å². The Morgan fingerprint density at radius 2 is 1.65 bits per heavy atom. The number of rotatable bonds is 8. The maximum absolute atomic E-state index is 11.7. The third-order valence-corrected chi connectivity index (χ3v) is 3.25. The Hall–Kier alpha value is -2.31. The molecule has 0 saturated carbocycles. The van der Waals surface area contributed by atoms with Crippen molar-refractivity contribution >= 4 is 13.3 Å². The predicted octanol–water partition coefficient (Wildman–Crippen LogP) is 2.10. The van der Waals surface area contributed by atoms with E-state index in [9.17, 15) is 4.79 Å². The van der Waals surface area contributed by atoms with E-state index < -0.39 is 7.32 Å². The maximum atomic E-state index is 11.7. The summed E-state index contributed by atoms with van der Waals surface area (Å²) >= 11 is 0. The fourth-order valence-corrected chi connectivity index (χ4v) is 2.10. The Labute approximate surface area is 135 Å². The smallest absolute Gasteiger partial charge is 0.512 e. The van der Waals surface area contributed by atoms with Crippen LogP contribution in [0.1, 0.15) is 24.0 Å². The number of benzene rings is 2. The van der Waals surface area contributed by atoms with E-state index in [4.69, 9.17) is 19.4 Å². The van der Waals surface area contributed by atoms with Gasteiger partial charge < -0.3 is 19.4 Å². The average Bonchev–Trinajstić information content (AvgIpc) is 2.55. The lowest BCUT2D eigenvalue weighted by atomic mass is 10.1. The van der Waals surface area contributed by atoms with Gasteiger partial charge in [0, 0.05) is 6.42 Å². The number of esters is 1. The van der Waals surface area contributed by atoms with Crippen LogP contribution >= 0.6 is 0 Å². The first kappa shape index (κ1) is 17.1. The second-order valence-electron chi connectivity index (χ2n) is 5.09. The number of ether oxygens (including phenoxy) is 1. The Bertz CT molecular complexity index is 598. The summed E-state index contributed by atoms with van der Waals surface area (Å²) in [6.07, 6.45) is 1.79. The third kappa shape index (κ3) is 6.55. The van der Waals surface area contributed by atoms with Crippen LogP contribution in [0.15, 0.2) is 54.6 Å². The van der Waals surface area contributed by atoms with Crippen molar-refractivity contribution in [3.63, 3.8) is 0 Å². The molecule has 0 fully saturated rings. The van der Waals surface area contributed by atoms with Crippen LogP contribution in [0.2, 0.25) is 0 Å². The third-order valence-electron chi connectivity index (χ3n) is 3.25. The lowest BCUT2D eigenvalue weighted by Crippen LogP contribution is -2.20. The summed E-state index contributed by atoms with van der Waals surface area (Å²) in [5.74, 6) is 0.170. The summed E-state index contributed by atoms with van der Waals surface area (Å²) in [6.45, 7) is 0.301. The Morgan fingerprint density at radius 3 is 2.30 bits per heavy atom. The molecular weight excluding hydrogens is 295 g/mol. The zero-order valence-corrected chi connectivity index (χ0v) is 12.7. The van der Waals surface area contributed by atoms with E-state index in [1.807, 2.05) is 42.5 Å². The van der Waals surface area contributed by atoms with Crippen LogP contribution < -0.4 is 4.65 Å². The molecule has 0 aliphatic heterocycles. The second kappa shape index (κ2) is 8.97. The number of aryl methyl sites for hydroxylation is 1. The SMILES string of the molecule is O=C(CCCc1ccc(OB(O)O)cc1)OCc1ccccc1. The maximum Gasteiger partial charge on any atom is 0.707 e. The largest absolute Gasteiger partial charge is 0.707 e. The van der Waals surface area contributed by atoms with Gasteiger partial charge in [0.25, 0.3) is 0 Å². The minimum atomic E-state index is -1.82. The van der Waals surface area contributed by atoms with Gasteiger partial charge in [-0.05, 0) is 36.1 Å². The van der Waals surface area contributed by atoms with E-state index >= 15 is 0 Å². The van der Waals surface area contributed by atoms with Crippen molar-refractivity contribution in [2.75, 3.05) is 0 Å². The van der Waals surface area contributed by atoms with Crippen molar-refractivity contribution in [2.24, 2.45) is 0 Å². The fraction of sp³-hybridized carbons (Fsp3) is 0.235. The molecule has 0 bridgehead atoms. The number of hydrogen-bond donors (Lipinski definition) is 2. The molecule has 2 aromatic carbocycles. The normalized spacial score (nSPS) is 10.2. The first-order chi connectivity index (χ1) is 11.1. The van der Waals surface area contributed by atoms with E-state index in [0.717, 1.165) is 17.5 Å². The summed E-state index contributed by atoms with van der Waals surface area (Å²) in [4.78, 5) is 11.7. The predicted molar refractivity (Wildman–Crippen MR) is 86.4 cm³/mol. The summed E-state index contributed by atoms with van der Waals surface area (Å²) in [6, 6.07) is 16.5. The first-order valence-corrected chi connectivity index (χ1v) is 7.45. The van der Waals surface area contributed by atoms with Gasteiger partial charge in [-0.2, -0.15) is 0 Å². The Morgan fingerprint density at radius 1 is 0.957 bits per heavy atom. The summed E-state index contributed by atoms with van der Waals surface area (Å²) in [7, 11) is -1.82. The van der Waals surface area contributed by atoms with Crippen molar-refractivity contribution in [3.8, 4) is 5.75 Å². The summed E-state index contributed by atoms with van der Waals surface area (Å²) in [5.41, 5.74) is 2.02. The minimum absolute atomic E-state index is 0.211. The molecule has 23 heavy (non-hydrogen) atoms. The van der Waals surface area contributed by atoms with Crippen molar-refractivity contribution in [2.45, 2.75) is 25.9 Å². The van der Waals surface area contributed by atoms with Gasteiger partial charge in [0.1, 0.15) is 12.4 Å². The van der Waals surface area contributed by atoms with E-state index in [1.54, 1.807) is 12.1 Å². The van der Waals surface area contributed by atoms with Crippen LogP contribution in [0.4, 0.5) is 0 Å². The highest BCUT2D eigenvalue weighted by Gasteiger charge is 2.10. The lowest BCUT2D eigenvalue weighted by Gasteiger charge is -2.07. The van der Waals surface area contributed by atoms with Crippen LogP contribution in [0.25, 0.3) is 0 Å². The number of carbonyl (C=O) groups is 1. The quantitative estimate of drug-likeness (QED) is 0.576. The first-order valence-electron chi connectivity index (χ1n) is 7.45. The molecule has 0 radical (unpaired) electrons. The van der Waals surface area contributed by atoms with Crippen LogP contribution in [0.3, 0.4) is 0 Å². The molecule has 0 amide bonds. The fourth-order valence-electron chi connectivity index (χ4n) is 2.10. The van der Waals surface area contributed by atoms with E-state index in [0.29, 0.717) is 25.2 Å². The summed E-state index contributed by atoms with van der Waals surface area (Å²) in [5, 5.41) is 17.4. The molecule has 6 heteroatoms. The molecule has 120 valence electrons. The van der Waals surface area contributed by atoms with Crippen molar-refractivity contribution in [1.82, 2.24) is 0 Å². The molecule has 5 nitrogen and oxygen atoms in total. The monoisotopic (exact) mass is 314 g/mol. The van der Waals surface area contributed by atoms with Gasteiger partial charge in [-0.3, -0.25) is 4.79 Å². The van der Waals surface area contributed by atoms with E-state index in [-0.39, 0.29) is 5.97 Å². The molecule has 0 heterocycles. The average molecular weight is 314 g/mol. The Kier molecular flexibility index (Phi) is 6.65. The van der Waals surface area contributed by atoms with Crippen molar-refractivity contribution in [1.29, 1.82) is 0 Å². The van der Waals surface area contributed by atoms with Gasteiger partial charge in [0.15, 0.2) is 0 Å². The number of carbonyl (C=O) groups excluding carboxylic acids is 1. The molecule has 0 spiro atoms. The molecule has 2 N–H and O–H groups in total. The topological polar surface area (TPSA) is 76.0 Å². The van der Waals surface area contributed by atoms with Gasteiger partial charge in [-0.15, -0.1) is 0 Å². The van der Waals surface area contributed by atoms with Gasteiger partial charge in [0.05, 0.1) is 0 Å².